The molecule has 1 saturated heterocycles. The van der Waals surface area contributed by atoms with E-state index >= 15 is 0 Å². The summed E-state index contributed by atoms with van der Waals surface area (Å²) in [4.78, 5) is 16.3. The molecule has 2 fully saturated rings. The normalized spacial score (nSPS) is 21.4. The predicted molar refractivity (Wildman–Crippen MR) is 117 cm³/mol. The molecule has 0 bridgehead atoms. The topological polar surface area (TPSA) is 71.0 Å². The number of likely N-dealkylation sites (tertiary alicyclic amines) is 1. The van der Waals surface area contributed by atoms with Crippen LogP contribution < -0.4 is 14.8 Å². The molecule has 0 unspecified atom stereocenters. The highest BCUT2D eigenvalue weighted by Gasteiger charge is 2.39. The van der Waals surface area contributed by atoms with Gasteiger partial charge in [0.2, 0.25) is 5.91 Å². The third-order valence-electron chi connectivity index (χ3n) is 5.61. The first-order valence-corrected chi connectivity index (χ1v) is 11.1. The van der Waals surface area contributed by atoms with Crippen LogP contribution in [-0.2, 0) is 11.3 Å². The van der Waals surface area contributed by atoms with Crippen molar-refractivity contribution in [2.24, 2.45) is 0 Å². The molecule has 30 heavy (non-hydrogen) atoms. The Labute approximate surface area is 181 Å². The van der Waals surface area contributed by atoms with Gasteiger partial charge < -0.3 is 19.9 Å². The standard InChI is InChI=1S/C23H28N2O4S/c1-28-17-5-8-19(9-6-17)30-20-12-21(23(27)24-16-3-4-16)25(14-20)13-15-11-18(29-2)7-10-22(15)26/h5-11,16,20-21,26H,3-4,12-14H2,1-2H3,(H,24,27)/t20-,21+/m1/s1. The molecule has 160 valence electrons. The van der Waals surface area contributed by atoms with Crippen LogP contribution in [0.5, 0.6) is 17.2 Å². The molecule has 2 aliphatic rings. The maximum atomic E-state index is 12.9. The Balaban J connectivity index is 1.49. The number of rotatable bonds is 8. The number of aromatic hydroxyl groups is 1. The van der Waals surface area contributed by atoms with Crippen molar-refractivity contribution in [3.63, 3.8) is 0 Å². The summed E-state index contributed by atoms with van der Waals surface area (Å²) >= 11 is 1.79. The third kappa shape index (κ3) is 5.02. The van der Waals surface area contributed by atoms with E-state index in [-0.39, 0.29) is 17.7 Å². The van der Waals surface area contributed by atoms with Gasteiger partial charge in [0.15, 0.2) is 0 Å². The molecule has 2 N–H and O–H groups in total. The van der Waals surface area contributed by atoms with Gasteiger partial charge in [-0.1, -0.05) is 0 Å². The summed E-state index contributed by atoms with van der Waals surface area (Å²) in [6.07, 6.45) is 2.91. The van der Waals surface area contributed by atoms with Crippen molar-refractivity contribution >= 4 is 17.7 Å². The average Bonchev–Trinajstić information content (AvgIpc) is 3.48. The summed E-state index contributed by atoms with van der Waals surface area (Å²) in [5, 5.41) is 13.8. The van der Waals surface area contributed by atoms with Crippen LogP contribution in [0.3, 0.4) is 0 Å². The number of carbonyl (C=O) groups is 1. The van der Waals surface area contributed by atoms with E-state index in [2.05, 4.69) is 22.3 Å². The Morgan fingerprint density at radius 2 is 1.83 bits per heavy atom. The van der Waals surface area contributed by atoms with Gasteiger partial charge in [0, 0.05) is 34.8 Å². The van der Waals surface area contributed by atoms with Crippen LogP contribution in [0.15, 0.2) is 47.4 Å². The van der Waals surface area contributed by atoms with Crippen molar-refractivity contribution < 1.29 is 19.4 Å². The lowest BCUT2D eigenvalue weighted by molar-refractivity contribution is -0.125. The lowest BCUT2D eigenvalue weighted by Crippen LogP contribution is -2.43. The smallest absolute Gasteiger partial charge is 0.237 e. The van der Waals surface area contributed by atoms with Gasteiger partial charge in [0.1, 0.15) is 17.2 Å². The largest absolute Gasteiger partial charge is 0.508 e. The van der Waals surface area contributed by atoms with E-state index in [1.165, 1.54) is 0 Å². The molecule has 1 amide bonds. The van der Waals surface area contributed by atoms with Gasteiger partial charge in [0.25, 0.3) is 0 Å². The highest BCUT2D eigenvalue weighted by atomic mass is 32.2. The number of benzene rings is 2. The van der Waals surface area contributed by atoms with E-state index in [1.54, 1.807) is 38.1 Å². The molecule has 0 radical (unpaired) electrons. The lowest BCUT2D eigenvalue weighted by atomic mass is 10.1. The number of hydrogen-bond donors (Lipinski definition) is 2. The van der Waals surface area contributed by atoms with Gasteiger partial charge in [0.05, 0.1) is 20.3 Å². The fourth-order valence-electron chi connectivity index (χ4n) is 3.80. The Hall–Kier alpha value is -2.38. The molecule has 1 aliphatic heterocycles. The SMILES string of the molecule is COc1ccc(S[C@@H]2C[C@@H](C(=O)NC3CC3)N(Cc3cc(OC)ccc3O)C2)cc1. The molecule has 2 aromatic carbocycles. The Kier molecular flexibility index (Phi) is 6.39. The van der Waals surface area contributed by atoms with Gasteiger partial charge >= 0.3 is 0 Å². The van der Waals surface area contributed by atoms with E-state index in [1.807, 2.05) is 18.2 Å². The Morgan fingerprint density at radius 1 is 1.13 bits per heavy atom. The number of amides is 1. The maximum absolute atomic E-state index is 12.9. The summed E-state index contributed by atoms with van der Waals surface area (Å²) in [6.45, 7) is 1.28. The predicted octanol–water partition coefficient (Wildman–Crippen LogP) is 3.42. The first-order chi connectivity index (χ1) is 14.6. The van der Waals surface area contributed by atoms with Crippen LogP contribution in [0.25, 0.3) is 0 Å². The zero-order chi connectivity index (χ0) is 21.1. The van der Waals surface area contributed by atoms with Gasteiger partial charge in [-0.05, 0) is 61.7 Å². The summed E-state index contributed by atoms with van der Waals surface area (Å²) in [7, 11) is 3.27. The minimum absolute atomic E-state index is 0.0951. The molecule has 0 spiro atoms. The molecular formula is C23H28N2O4S. The van der Waals surface area contributed by atoms with E-state index in [4.69, 9.17) is 9.47 Å². The van der Waals surface area contributed by atoms with Crippen molar-refractivity contribution in [2.45, 2.75) is 48.0 Å². The molecule has 1 aliphatic carbocycles. The molecule has 7 heteroatoms. The number of ether oxygens (including phenoxy) is 2. The van der Waals surface area contributed by atoms with Gasteiger partial charge in [-0.3, -0.25) is 9.69 Å². The van der Waals surface area contributed by atoms with E-state index in [0.717, 1.165) is 42.0 Å². The minimum atomic E-state index is -0.202. The molecule has 6 nitrogen and oxygen atoms in total. The summed E-state index contributed by atoms with van der Waals surface area (Å²) in [5.41, 5.74) is 0.772. The van der Waals surface area contributed by atoms with E-state index in [9.17, 15) is 9.90 Å². The zero-order valence-electron chi connectivity index (χ0n) is 17.3. The monoisotopic (exact) mass is 428 g/mol. The van der Waals surface area contributed by atoms with Crippen molar-refractivity contribution in [2.75, 3.05) is 20.8 Å². The Morgan fingerprint density at radius 3 is 2.50 bits per heavy atom. The molecule has 2 aromatic rings. The number of phenolic OH excluding ortho intramolecular Hbond substituents is 1. The van der Waals surface area contributed by atoms with Gasteiger partial charge in [-0.25, -0.2) is 0 Å². The van der Waals surface area contributed by atoms with Crippen molar-refractivity contribution in [3.8, 4) is 17.2 Å². The van der Waals surface area contributed by atoms with Crippen LogP contribution in [0.1, 0.15) is 24.8 Å². The molecular weight excluding hydrogens is 400 g/mol. The highest BCUT2D eigenvalue weighted by molar-refractivity contribution is 8.00. The number of phenols is 1. The second-order valence-corrected chi connectivity index (χ2v) is 9.25. The van der Waals surface area contributed by atoms with Crippen LogP contribution in [0.2, 0.25) is 0 Å². The van der Waals surface area contributed by atoms with Crippen LogP contribution in [0.4, 0.5) is 0 Å². The van der Waals surface area contributed by atoms with E-state index < -0.39 is 0 Å². The Bertz CT molecular complexity index is 885. The van der Waals surface area contributed by atoms with E-state index in [0.29, 0.717) is 23.6 Å². The lowest BCUT2D eigenvalue weighted by Gasteiger charge is -2.24. The van der Waals surface area contributed by atoms with Crippen LogP contribution in [-0.4, -0.2) is 54.0 Å². The summed E-state index contributed by atoms with van der Waals surface area (Å²) in [5.74, 6) is 1.86. The zero-order valence-corrected chi connectivity index (χ0v) is 18.2. The van der Waals surface area contributed by atoms with Gasteiger partial charge in [-0.15, -0.1) is 11.8 Å². The van der Waals surface area contributed by atoms with Crippen molar-refractivity contribution in [3.05, 3.63) is 48.0 Å². The minimum Gasteiger partial charge on any atom is -0.508 e. The first kappa shape index (κ1) is 20.9. The summed E-state index contributed by atoms with van der Waals surface area (Å²) < 4.78 is 10.5. The second kappa shape index (κ2) is 9.18. The van der Waals surface area contributed by atoms with Crippen LogP contribution >= 0.6 is 11.8 Å². The first-order valence-electron chi connectivity index (χ1n) is 10.3. The fraction of sp³-hybridized carbons (Fsp3) is 0.435. The summed E-state index contributed by atoms with van der Waals surface area (Å²) in [6, 6.07) is 13.4. The van der Waals surface area contributed by atoms with Crippen molar-refractivity contribution in [1.82, 2.24) is 10.2 Å². The van der Waals surface area contributed by atoms with Crippen LogP contribution in [0, 0.1) is 0 Å². The molecule has 0 aromatic heterocycles. The molecule has 2 atom stereocenters. The average molecular weight is 429 g/mol. The molecule has 1 heterocycles. The number of hydrogen-bond acceptors (Lipinski definition) is 6. The number of nitrogens with one attached hydrogen (secondary N) is 1. The fourth-order valence-corrected chi connectivity index (χ4v) is 5.02. The number of nitrogens with zero attached hydrogens (tertiary/aromatic N) is 1. The second-order valence-electron chi connectivity index (χ2n) is 7.87. The third-order valence-corrected chi connectivity index (χ3v) is 6.83. The number of carbonyl (C=O) groups excluding carboxylic acids is 1. The van der Waals surface area contributed by atoms with Crippen molar-refractivity contribution in [1.29, 1.82) is 0 Å². The number of methoxy groups -OCH3 is 2. The van der Waals surface area contributed by atoms with Gasteiger partial charge in [-0.2, -0.15) is 0 Å². The maximum Gasteiger partial charge on any atom is 0.237 e. The quantitative estimate of drug-likeness (QED) is 0.671. The molecule has 4 rings (SSSR count). The molecule has 1 saturated carbocycles. The number of thioether (sulfide) groups is 1. The highest BCUT2D eigenvalue weighted by Crippen LogP contribution is 2.36.